The minimum Gasteiger partial charge on any atom is -0.492 e. The number of unbranched alkanes of at least 4 members (excludes halogenated alkanes) is 7. The van der Waals surface area contributed by atoms with Gasteiger partial charge in [-0.1, -0.05) is 39.0 Å². The number of nitrogens with one attached hydrogen (secondary N) is 5. The predicted octanol–water partition coefficient (Wildman–Crippen LogP) is -6.50. The molecule has 0 spiro atoms. The Bertz CT molecular complexity index is 3160. The number of rotatable bonds is 47. The summed E-state index contributed by atoms with van der Waals surface area (Å²) in [6.07, 6.45) is -32.8. The van der Waals surface area contributed by atoms with Gasteiger partial charge in [0, 0.05) is 56.6 Å². The first-order chi connectivity index (χ1) is 57.4. The second-order valence-corrected chi connectivity index (χ2v) is 30.3. The lowest BCUT2D eigenvalue weighted by atomic mass is 9.76. The number of carbonyl (C=O) groups is 9. The fourth-order valence-corrected chi connectivity index (χ4v) is 14.9. The van der Waals surface area contributed by atoms with Gasteiger partial charge in [-0.15, -0.1) is 0 Å². The van der Waals surface area contributed by atoms with Crippen LogP contribution in [0.3, 0.4) is 0 Å². The van der Waals surface area contributed by atoms with Crippen molar-refractivity contribution in [3.63, 3.8) is 0 Å². The SMILES string of the molecule is CCCCCCC(=O)NCCOc1cc(C(=O)NCCCCCC(=O)NCCO[C@H]2OC(CO[C@H]3CC(C(=O)OC)[C@@H](C(=O)OC)CC3O[C@@H]3OC(CO)[C@@H](O)[C@H](O)C3O)[C@@H](O)[C@H](O)C2O)cc(C(=O)NCCCCCC(=O)NCCO[C@H]2OC(CO[C@H]3CC(C(=O)OC)[C@@H](C(=O)OC)CC3O[C@H]3OC(CO)[C@@H](O)[C@H](O)C3O)[C@@H](O)[C@H](O)C2O)c1. The van der Waals surface area contributed by atoms with Crippen molar-refractivity contribution in [1.29, 1.82) is 0 Å². The molecule has 19 N–H and O–H groups in total. The number of benzene rings is 1. The number of hydrogen-bond donors (Lipinski definition) is 19. The van der Waals surface area contributed by atoms with E-state index in [1.54, 1.807) is 0 Å². The van der Waals surface area contributed by atoms with E-state index < -0.39 is 233 Å². The molecule has 4 heterocycles. The summed E-state index contributed by atoms with van der Waals surface area (Å²) in [6.45, 7) is -0.730. The Labute approximate surface area is 692 Å². The second kappa shape index (κ2) is 50.9. The Morgan fingerprint density at radius 1 is 0.350 bits per heavy atom. The Hall–Kier alpha value is -6.71. The zero-order valence-corrected chi connectivity index (χ0v) is 68.0. The number of hydrogen-bond acceptors (Lipinski definition) is 38. The third-order valence-electron chi connectivity index (χ3n) is 21.9. The molecule has 2 saturated carbocycles. The zero-order chi connectivity index (χ0) is 87.9. The summed E-state index contributed by atoms with van der Waals surface area (Å²) in [5.41, 5.74) is 0.191. The Morgan fingerprint density at radius 3 is 1.01 bits per heavy atom. The molecule has 43 heteroatoms. The minimum absolute atomic E-state index is 0.0193. The van der Waals surface area contributed by atoms with E-state index >= 15 is 0 Å². The van der Waals surface area contributed by atoms with Crippen molar-refractivity contribution < 1.29 is 186 Å². The van der Waals surface area contributed by atoms with Crippen molar-refractivity contribution in [1.82, 2.24) is 26.6 Å². The number of methoxy groups -OCH3 is 4. The van der Waals surface area contributed by atoms with Crippen molar-refractivity contribution in [2.75, 3.05) is 107 Å². The van der Waals surface area contributed by atoms with Crippen LogP contribution in [0.2, 0.25) is 0 Å². The van der Waals surface area contributed by atoms with E-state index in [9.17, 15) is 115 Å². The molecular formula is C77H123N5O38. The third kappa shape index (κ3) is 28.9. The molecule has 28 atom stereocenters. The molecule has 0 radical (unpaired) electrons. The van der Waals surface area contributed by atoms with Crippen molar-refractivity contribution in [2.24, 2.45) is 23.7 Å². The maximum atomic E-state index is 13.6. The van der Waals surface area contributed by atoms with Crippen LogP contribution in [0.5, 0.6) is 5.75 Å². The highest BCUT2D eigenvalue weighted by atomic mass is 16.7. The largest absolute Gasteiger partial charge is 0.492 e. The highest BCUT2D eigenvalue weighted by Gasteiger charge is 2.55. The molecule has 120 heavy (non-hydrogen) atoms. The molecule has 43 nitrogen and oxygen atoms in total. The van der Waals surface area contributed by atoms with Crippen molar-refractivity contribution in [2.45, 2.75) is 263 Å². The molecule has 1 aromatic carbocycles. The van der Waals surface area contributed by atoms with Crippen molar-refractivity contribution in [3.05, 3.63) is 29.3 Å². The van der Waals surface area contributed by atoms with Crippen molar-refractivity contribution >= 4 is 53.4 Å². The zero-order valence-electron chi connectivity index (χ0n) is 68.0. The van der Waals surface area contributed by atoms with Crippen LogP contribution in [0.1, 0.15) is 137 Å². The molecule has 5 amide bonds. The topological polar surface area (TPSA) is 635 Å². The molecule has 0 aromatic heterocycles. The van der Waals surface area contributed by atoms with E-state index in [2.05, 4.69) is 33.5 Å². The minimum atomic E-state index is -1.86. The number of carbonyl (C=O) groups excluding carboxylic acids is 9. The summed E-state index contributed by atoms with van der Waals surface area (Å²) in [5, 5.41) is 162. The van der Waals surface area contributed by atoms with Gasteiger partial charge in [0.1, 0.15) is 110 Å². The number of esters is 4. The van der Waals surface area contributed by atoms with Crippen LogP contribution in [0, 0.1) is 23.7 Å². The number of aliphatic hydroxyl groups is 14. The summed E-state index contributed by atoms with van der Waals surface area (Å²) in [5.74, 6) is -9.67. The molecule has 1 aromatic rings. The molecule has 12 unspecified atom stereocenters. The van der Waals surface area contributed by atoms with Gasteiger partial charge in [0.15, 0.2) is 25.2 Å². The molecule has 684 valence electrons. The molecule has 6 fully saturated rings. The van der Waals surface area contributed by atoms with Gasteiger partial charge >= 0.3 is 23.9 Å². The van der Waals surface area contributed by atoms with E-state index in [1.165, 1.54) is 18.2 Å². The van der Waals surface area contributed by atoms with Gasteiger partial charge in [-0.3, -0.25) is 43.2 Å². The van der Waals surface area contributed by atoms with Crippen LogP contribution in [0.25, 0.3) is 0 Å². The molecule has 0 bridgehead atoms. The van der Waals surface area contributed by atoms with Gasteiger partial charge in [0.25, 0.3) is 11.8 Å². The first kappa shape index (κ1) is 100. The Morgan fingerprint density at radius 2 is 0.667 bits per heavy atom. The van der Waals surface area contributed by atoms with Crippen LogP contribution in [-0.4, -0.2) is 380 Å². The van der Waals surface area contributed by atoms with Crippen LogP contribution in [0.4, 0.5) is 0 Å². The quantitative estimate of drug-likeness (QED) is 0.0164. The Balaban J connectivity index is 0.819. The standard InChI is InChI=1S/C77H123N5O38/c1-6-7-8-11-16-53(85)78-21-24-110-40-28-38(68(100)81-19-14-9-12-17-54(86)79-22-25-111-74-64(96)62(94)58(90)51(119-74)36-113-45-30-41(70(102)106-2)43(72(104)108-4)32-47(45)115-76-66(98)60(92)56(88)49(34-83)117-76)27-39(29-40)69(101)82-20-15-10-13-18-55(87)80-23-26-112-75-65(97)63(95)59(91)52(120-75)37-114-46-31-42(71(103)107-3)44(73(105)109-5)33-48(46)116-77-67(99)61(93)57(89)50(35-84)118-77/h27-29,41-52,56-67,74-77,83-84,88-99H,6-26,30-37H2,1-5H3,(H,78,85)(H,79,86)(H,80,87)(H,81,100)(H,82,101)/t41?,42?,43-,44-,45-,46-,47?,48?,49?,50?,51?,52?,56+,57+,58+,59+,60-,61-,62-,63-,64?,65?,66?,67?,74-,75-,76-,77+/m0/s1. The number of amides is 5. The van der Waals surface area contributed by atoms with Gasteiger partial charge in [0.2, 0.25) is 17.7 Å². The maximum absolute atomic E-state index is 13.6. The lowest BCUT2D eigenvalue weighted by molar-refractivity contribution is -0.326. The Kier molecular flexibility index (Phi) is 42.6. The lowest BCUT2D eigenvalue weighted by Crippen LogP contribution is -2.61. The summed E-state index contributed by atoms with van der Waals surface area (Å²) in [4.78, 5) is 117. The van der Waals surface area contributed by atoms with E-state index in [4.69, 9.17) is 71.1 Å². The summed E-state index contributed by atoms with van der Waals surface area (Å²) >= 11 is 0. The third-order valence-corrected chi connectivity index (χ3v) is 21.9. The first-order valence-corrected chi connectivity index (χ1v) is 40.7. The monoisotopic (exact) mass is 1730 g/mol. The molecule has 4 aliphatic heterocycles. The molecular weight excluding hydrogens is 1600 g/mol. The summed E-state index contributed by atoms with van der Waals surface area (Å²) in [6, 6.07) is 4.31. The van der Waals surface area contributed by atoms with E-state index in [1.807, 2.05) is 0 Å². The van der Waals surface area contributed by atoms with Crippen LogP contribution >= 0.6 is 0 Å². The van der Waals surface area contributed by atoms with E-state index in [0.29, 0.717) is 44.9 Å². The molecule has 7 rings (SSSR count). The number of ether oxygens (including phenoxy) is 15. The maximum Gasteiger partial charge on any atom is 0.309 e. The smallest absolute Gasteiger partial charge is 0.309 e. The highest BCUT2D eigenvalue weighted by molar-refractivity contribution is 6.00. The predicted molar refractivity (Wildman–Crippen MR) is 404 cm³/mol. The molecule has 2 aliphatic carbocycles. The summed E-state index contributed by atoms with van der Waals surface area (Å²) in [7, 11) is 4.41. The van der Waals surface area contributed by atoms with Crippen molar-refractivity contribution in [3.8, 4) is 5.75 Å². The normalized spacial score (nSPS) is 33.2. The highest BCUT2D eigenvalue weighted by Crippen LogP contribution is 2.41. The molecule has 6 aliphatic rings. The number of aliphatic hydroxyl groups excluding tert-OH is 14. The average molecular weight is 1730 g/mol. The van der Waals surface area contributed by atoms with Gasteiger partial charge in [-0.05, 0) is 76.0 Å². The lowest BCUT2D eigenvalue weighted by Gasteiger charge is -2.45. The van der Waals surface area contributed by atoms with Crippen LogP contribution in [0.15, 0.2) is 18.2 Å². The van der Waals surface area contributed by atoms with Gasteiger partial charge in [-0.25, -0.2) is 0 Å². The fraction of sp³-hybridized carbons (Fsp3) is 0.805. The van der Waals surface area contributed by atoms with Gasteiger partial charge in [0.05, 0.1) is 123 Å². The second-order valence-electron chi connectivity index (χ2n) is 30.3. The van der Waals surface area contributed by atoms with Gasteiger partial charge < -0.3 is 169 Å². The van der Waals surface area contributed by atoms with Crippen LogP contribution < -0.4 is 31.3 Å². The first-order valence-electron chi connectivity index (χ1n) is 40.7. The fourth-order valence-electron chi connectivity index (χ4n) is 14.9. The van der Waals surface area contributed by atoms with Crippen LogP contribution in [-0.2, 0) is 99.9 Å². The van der Waals surface area contributed by atoms with E-state index in [0.717, 1.165) is 54.1 Å². The van der Waals surface area contributed by atoms with E-state index in [-0.39, 0.29) is 126 Å². The molecule has 4 saturated heterocycles. The van der Waals surface area contributed by atoms with Gasteiger partial charge in [-0.2, -0.15) is 0 Å². The summed E-state index contributed by atoms with van der Waals surface area (Å²) < 4.78 is 84.0. The average Bonchev–Trinajstić information content (AvgIpc) is 0.784.